The summed E-state index contributed by atoms with van der Waals surface area (Å²) in [5, 5.41) is 0.632. The fourth-order valence-corrected chi connectivity index (χ4v) is 7.88. The molecule has 0 saturated heterocycles. The lowest BCUT2D eigenvalue weighted by molar-refractivity contribution is 0.619. The van der Waals surface area contributed by atoms with E-state index in [4.69, 9.17) is 60.2 Å². The molecule has 10 aromatic rings. The summed E-state index contributed by atoms with van der Waals surface area (Å²) in [6, 6.07) is 50.9. The third kappa shape index (κ3) is 6.60. The van der Waals surface area contributed by atoms with Crippen LogP contribution >= 0.6 is 46.4 Å². The van der Waals surface area contributed by atoms with E-state index in [1.807, 2.05) is 84.9 Å². The highest BCUT2D eigenvalue weighted by Gasteiger charge is 2.21. The number of benzene rings is 6. The van der Waals surface area contributed by atoms with Crippen molar-refractivity contribution in [3.63, 3.8) is 0 Å². The lowest BCUT2D eigenvalue weighted by Crippen LogP contribution is -1.94. The molecule has 4 aromatic heterocycles. The summed E-state index contributed by atoms with van der Waals surface area (Å²) < 4.78 is 11.9. The molecule has 6 nitrogen and oxygen atoms in total. The molecule has 10 rings (SSSR count). The Morgan fingerprint density at radius 1 is 0.379 bits per heavy atom. The van der Waals surface area contributed by atoms with E-state index in [0.29, 0.717) is 17.3 Å². The standard InChI is InChI=1S/C48H26Cl4N4O2/c49-40-41(50)43(52)46-45(42(40)51)56-48(58-46)34-22-14-29(15-23-34)27-8-16-31(17-9-27)35-24-25-37(36-5-3-4-26-53-36)54-44(35)32-18-10-28(11-19-32)30-12-20-33(21-13-30)47-55-38-6-1-2-7-39(38)57-47/h1-26H. The lowest BCUT2D eigenvalue weighted by Gasteiger charge is -2.13. The zero-order valence-electron chi connectivity index (χ0n) is 30.1. The van der Waals surface area contributed by atoms with Gasteiger partial charge in [0.25, 0.3) is 0 Å². The zero-order valence-corrected chi connectivity index (χ0v) is 33.2. The number of aromatic nitrogens is 4. The van der Waals surface area contributed by atoms with E-state index in [1.54, 1.807) is 6.20 Å². The lowest BCUT2D eigenvalue weighted by atomic mass is 9.95. The second-order valence-electron chi connectivity index (χ2n) is 13.6. The molecule has 0 aliphatic heterocycles. The van der Waals surface area contributed by atoms with Crippen molar-refractivity contribution in [3.05, 3.63) is 178 Å². The average Bonchev–Trinajstić information content (AvgIpc) is 3.94. The number of halogens is 4. The second kappa shape index (κ2) is 14.9. The summed E-state index contributed by atoms with van der Waals surface area (Å²) in [5.41, 5.74) is 13.7. The predicted octanol–water partition coefficient (Wildman–Crippen LogP) is 15.0. The molecular weight excluding hydrogens is 806 g/mol. The Bertz CT molecular complexity index is 3050. The van der Waals surface area contributed by atoms with Crippen molar-refractivity contribution in [1.29, 1.82) is 0 Å². The van der Waals surface area contributed by atoms with Gasteiger partial charge in [0, 0.05) is 28.5 Å². The van der Waals surface area contributed by atoms with Crippen molar-refractivity contribution in [2.24, 2.45) is 0 Å². The molecule has 0 atom stereocenters. The molecule has 0 bridgehead atoms. The summed E-state index contributed by atoms with van der Waals surface area (Å²) in [7, 11) is 0. The molecule has 0 aliphatic carbocycles. The van der Waals surface area contributed by atoms with Gasteiger partial charge in [0.2, 0.25) is 11.8 Å². The number of fused-ring (bicyclic) bond motifs is 2. The maximum Gasteiger partial charge on any atom is 0.227 e. The normalized spacial score (nSPS) is 11.4. The molecule has 0 unspecified atom stereocenters. The zero-order chi connectivity index (χ0) is 39.3. The van der Waals surface area contributed by atoms with E-state index in [9.17, 15) is 0 Å². The molecule has 0 spiro atoms. The number of hydrogen-bond acceptors (Lipinski definition) is 6. The largest absolute Gasteiger partial charge is 0.436 e. The van der Waals surface area contributed by atoms with Gasteiger partial charge in [0.15, 0.2) is 11.2 Å². The maximum absolute atomic E-state index is 6.40. The van der Waals surface area contributed by atoms with Crippen molar-refractivity contribution in [2.75, 3.05) is 0 Å². The number of hydrogen-bond donors (Lipinski definition) is 0. The topological polar surface area (TPSA) is 77.8 Å². The van der Waals surface area contributed by atoms with Gasteiger partial charge in [-0.3, -0.25) is 4.98 Å². The smallest absolute Gasteiger partial charge is 0.227 e. The quantitative estimate of drug-likeness (QED) is 0.118. The van der Waals surface area contributed by atoms with Crippen molar-refractivity contribution >= 4 is 68.6 Å². The summed E-state index contributed by atoms with van der Waals surface area (Å²) in [6.07, 6.45) is 1.78. The van der Waals surface area contributed by atoms with Gasteiger partial charge in [-0.15, -0.1) is 0 Å². The average molecular weight is 833 g/mol. The number of nitrogens with zero attached hydrogens (tertiary/aromatic N) is 4. The minimum atomic E-state index is 0.128. The number of pyridine rings is 2. The van der Waals surface area contributed by atoms with Gasteiger partial charge in [-0.2, -0.15) is 0 Å². The van der Waals surface area contributed by atoms with Crippen LogP contribution in [-0.2, 0) is 0 Å². The first-order valence-electron chi connectivity index (χ1n) is 18.2. The van der Waals surface area contributed by atoms with Gasteiger partial charge in [-0.25, -0.2) is 15.0 Å². The van der Waals surface area contributed by atoms with Crippen molar-refractivity contribution in [3.8, 4) is 78.9 Å². The Morgan fingerprint density at radius 3 is 1.52 bits per heavy atom. The van der Waals surface area contributed by atoms with Crippen LogP contribution in [0.25, 0.3) is 101 Å². The summed E-state index contributed by atoms with van der Waals surface area (Å²) in [4.78, 5) is 19.0. The third-order valence-electron chi connectivity index (χ3n) is 10.0. The first-order chi connectivity index (χ1) is 28.4. The van der Waals surface area contributed by atoms with Crippen molar-refractivity contribution in [1.82, 2.24) is 19.9 Å². The molecule has 278 valence electrons. The second-order valence-corrected chi connectivity index (χ2v) is 15.1. The highest BCUT2D eigenvalue weighted by molar-refractivity contribution is 6.54. The monoisotopic (exact) mass is 830 g/mol. The maximum atomic E-state index is 6.40. The van der Waals surface area contributed by atoms with Gasteiger partial charge in [-0.1, -0.05) is 137 Å². The Kier molecular flexibility index (Phi) is 9.27. The van der Waals surface area contributed by atoms with E-state index in [1.165, 1.54) is 0 Å². The van der Waals surface area contributed by atoms with E-state index < -0.39 is 0 Å². The molecule has 0 amide bonds. The predicted molar refractivity (Wildman–Crippen MR) is 235 cm³/mol. The molecule has 0 aliphatic rings. The molecule has 0 N–H and O–H groups in total. The molecule has 10 heteroatoms. The van der Waals surface area contributed by atoms with Crippen LogP contribution < -0.4 is 0 Å². The third-order valence-corrected chi connectivity index (χ3v) is 11.8. The fraction of sp³-hybridized carbons (Fsp3) is 0. The van der Waals surface area contributed by atoms with Crippen molar-refractivity contribution < 1.29 is 8.83 Å². The van der Waals surface area contributed by atoms with E-state index in [-0.39, 0.29) is 25.7 Å². The van der Waals surface area contributed by atoms with Crippen LogP contribution in [0.15, 0.2) is 167 Å². The Labute approximate surface area is 352 Å². The van der Waals surface area contributed by atoms with Gasteiger partial charge in [0.1, 0.15) is 16.1 Å². The summed E-state index contributed by atoms with van der Waals surface area (Å²) >= 11 is 25.3. The molecule has 0 radical (unpaired) electrons. The first kappa shape index (κ1) is 36.1. The Morgan fingerprint density at radius 2 is 0.914 bits per heavy atom. The van der Waals surface area contributed by atoms with Crippen molar-refractivity contribution in [2.45, 2.75) is 0 Å². The van der Waals surface area contributed by atoms with Gasteiger partial charge < -0.3 is 8.83 Å². The fourth-order valence-electron chi connectivity index (χ4n) is 6.98. The van der Waals surface area contributed by atoms with Crippen LogP contribution in [0.3, 0.4) is 0 Å². The minimum Gasteiger partial charge on any atom is -0.436 e. The van der Waals surface area contributed by atoms with Gasteiger partial charge in [0.05, 0.1) is 32.1 Å². The van der Waals surface area contributed by atoms with Crippen LogP contribution in [0.5, 0.6) is 0 Å². The van der Waals surface area contributed by atoms with E-state index in [2.05, 4.69) is 81.7 Å². The summed E-state index contributed by atoms with van der Waals surface area (Å²) in [5.74, 6) is 0.961. The molecule has 4 heterocycles. The highest BCUT2D eigenvalue weighted by atomic mass is 35.5. The minimum absolute atomic E-state index is 0.128. The number of rotatable bonds is 7. The number of para-hydroxylation sites is 2. The van der Waals surface area contributed by atoms with Gasteiger partial charge >= 0.3 is 0 Å². The first-order valence-corrected chi connectivity index (χ1v) is 19.7. The van der Waals surface area contributed by atoms with Crippen LogP contribution in [0, 0.1) is 0 Å². The van der Waals surface area contributed by atoms with Crippen LogP contribution in [0.1, 0.15) is 0 Å². The van der Waals surface area contributed by atoms with Gasteiger partial charge in [-0.05, 0) is 88.5 Å². The van der Waals surface area contributed by atoms with E-state index in [0.717, 1.165) is 78.3 Å². The highest BCUT2D eigenvalue weighted by Crippen LogP contribution is 2.44. The number of oxazole rings is 2. The van der Waals surface area contributed by atoms with E-state index >= 15 is 0 Å². The van der Waals surface area contributed by atoms with Crippen LogP contribution in [0.2, 0.25) is 20.1 Å². The van der Waals surface area contributed by atoms with Crippen LogP contribution in [0.4, 0.5) is 0 Å². The summed E-state index contributed by atoms with van der Waals surface area (Å²) in [6.45, 7) is 0. The Hall–Kier alpha value is -6.28. The SMILES string of the molecule is Clc1c(Cl)c(Cl)c2oc(-c3ccc(-c4ccc(-c5ccc(-c6ccccn6)nc5-c5ccc(-c6ccc(-c7nc8ccccc8o7)cc6)cc5)cc4)cc3)nc2c1Cl. The molecule has 58 heavy (non-hydrogen) atoms. The van der Waals surface area contributed by atoms with Crippen LogP contribution in [-0.4, -0.2) is 19.9 Å². The molecule has 0 saturated carbocycles. The molecule has 0 fully saturated rings. The Balaban J connectivity index is 0.938. The molecular formula is C48H26Cl4N4O2. The molecule has 6 aromatic carbocycles.